The molecule has 0 bridgehead atoms. The summed E-state index contributed by atoms with van der Waals surface area (Å²) in [5.41, 5.74) is 3.61. The van der Waals surface area contributed by atoms with Gasteiger partial charge in [-0.25, -0.2) is 19.3 Å². The Balaban J connectivity index is 1.14. The van der Waals surface area contributed by atoms with Gasteiger partial charge >= 0.3 is 0 Å². The maximum atomic E-state index is 13.7. The lowest BCUT2D eigenvalue weighted by molar-refractivity contribution is -0.201. The molecule has 3 aromatic heterocycles. The number of ether oxygens (including phenoxy) is 3. The average Bonchev–Trinajstić information content (AvgIpc) is 3.71. The molecule has 12 heteroatoms. The highest BCUT2D eigenvalue weighted by molar-refractivity contribution is 5.79. The fraction of sp³-hybridized carbons (Fsp3) is 0.367. The molecular weight excluding hydrogens is 541 g/mol. The van der Waals surface area contributed by atoms with E-state index in [2.05, 4.69) is 25.6 Å². The van der Waals surface area contributed by atoms with Gasteiger partial charge in [-0.3, -0.25) is 9.78 Å². The number of benzene rings is 1. The minimum absolute atomic E-state index is 0.0819. The van der Waals surface area contributed by atoms with Gasteiger partial charge in [0.15, 0.2) is 6.29 Å². The number of aromatic amines is 1. The normalized spacial score (nSPS) is 20.4. The third-order valence-electron chi connectivity index (χ3n) is 7.18. The third kappa shape index (κ3) is 6.96. The number of hydrogen-bond donors (Lipinski definition) is 3. The highest BCUT2D eigenvalue weighted by Gasteiger charge is 2.29. The van der Waals surface area contributed by atoms with Crippen LogP contribution in [0.3, 0.4) is 0 Å². The Hall–Kier alpha value is -4.26. The third-order valence-corrected chi connectivity index (χ3v) is 7.18. The molecule has 2 aliphatic heterocycles. The predicted molar refractivity (Wildman–Crippen MR) is 151 cm³/mol. The van der Waals surface area contributed by atoms with Crippen LogP contribution in [0.4, 0.5) is 10.3 Å². The predicted octanol–water partition coefficient (Wildman–Crippen LogP) is 3.51. The van der Waals surface area contributed by atoms with E-state index >= 15 is 0 Å². The van der Waals surface area contributed by atoms with E-state index < -0.39 is 6.29 Å². The summed E-state index contributed by atoms with van der Waals surface area (Å²) in [7, 11) is 0. The molecule has 1 unspecified atom stereocenters. The Labute approximate surface area is 242 Å². The van der Waals surface area contributed by atoms with Crippen molar-refractivity contribution in [1.29, 1.82) is 0 Å². The summed E-state index contributed by atoms with van der Waals surface area (Å²) in [5.74, 6) is 0.237. The molecule has 0 spiro atoms. The molecule has 1 aromatic carbocycles. The van der Waals surface area contributed by atoms with Gasteiger partial charge in [0.25, 0.3) is 0 Å². The van der Waals surface area contributed by atoms with Gasteiger partial charge in [-0.05, 0) is 54.8 Å². The van der Waals surface area contributed by atoms with E-state index in [1.165, 1.54) is 12.1 Å². The van der Waals surface area contributed by atoms with Gasteiger partial charge in [-0.1, -0.05) is 6.07 Å². The highest BCUT2D eigenvalue weighted by atomic mass is 19.1. The van der Waals surface area contributed by atoms with E-state index in [1.54, 1.807) is 36.8 Å². The van der Waals surface area contributed by atoms with Gasteiger partial charge in [-0.2, -0.15) is 0 Å². The fourth-order valence-electron chi connectivity index (χ4n) is 4.92. The number of halogens is 1. The maximum absolute atomic E-state index is 13.7. The molecule has 2 saturated heterocycles. The number of nitrogens with one attached hydrogen (secondary N) is 3. The number of carbonyl (C=O) groups is 1. The highest BCUT2D eigenvalue weighted by Crippen LogP contribution is 2.30. The van der Waals surface area contributed by atoms with Crippen molar-refractivity contribution in [2.75, 3.05) is 31.7 Å². The number of pyridine rings is 1. The Morgan fingerprint density at radius 3 is 2.67 bits per heavy atom. The van der Waals surface area contributed by atoms with Gasteiger partial charge in [0, 0.05) is 43.9 Å². The van der Waals surface area contributed by atoms with Gasteiger partial charge < -0.3 is 29.8 Å². The number of imidazole rings is 1. The molecule has 1 atom stereocenters. The minimum Gasteiger partial charge on any atom is -0.376 e. The number of rotatable bonds is 10. The number of anilines is 1. The first kappa shape index (κ1) is 27.9. The van der Waals surface area contributed by atoms with E-state index in [9.17, 15) is 9.18 Å². The molecule has 3 N–H and O–H groups in total. The van der Waals surface area contributed by atoms with Crippen LogP contribution < -0.4 is 10.6 Å². The summed E-state index contributed by atoms with van der Waals surface area (Å²) in [5, 5.41) is 6.17. The molecule has 5 heterocycles. The molecule has 11 nitrogen and oxygen atoms in total. The van der Waals surface area contributed by atoms with Gasteiger partial charge in [0.1, 0.15) is 11.6 Å². The van der Waals surface area contributed by atoms with Crippen LogP contribution in [-0.4, -0.2) is 69.6 Å². The van der Waals surface area contributed by atoms with E-state index in [1.807, 2.05) is 12.1 Å². The van der Waals surface area contributed by atoms with Gasteiger partial charge in [0.2, 0.25) is 11.9 Å². The SMILES string of the molecule is O=C(NCC1CCCO1)C1COC(Cc2nc(-c3ccc(F)cc3)c(-c3ccnc(NCc4cccnc4)n3)[nH]2)OC1. The number of carbonyl (C=O) groups excluding carboxylic acids is 1. The summed E-state index contributed by atoms with van der Waals surface area (Å²) < 4.78 is 31.1. The quantitative estimate of drug-likeness (QED) is 0.260. The first-order valence-electron chi connectivity index (χ1n) is 14.0. The number of aromatic nitrogens is 5. The van der Waals surface area contributed by atoms with Crippen molar-refractivity contribution < 1.29 is 23.4 Å². The van der Waals surface area contributed by atoms with Crippen LogP contribution in [0.25, 0.3) is 22.6 Å². The van der Waals surface area contributed by atoms with Crippen LogP contribution in [0.1, 0.15) is 24.2 Å². The van der Waals surface area contributed by atoms with Crippen LogP contribution >= 0.6 is 0 Å². The molecule has 0 aliphatic carbocycles. The first-order valence-corrected chi connectivity index (χ1v) is 14.0. The van der Waals surface area contributed by atoms with Crippen LogP contribution in [0.5, 0.6) is 0 Å². The van der Waals surface area contributed by atoms with Crippen molar-refractivity contribution in [1.82, 2.24) is 30.2 Å². The largest absolute Gasteiger partial charge is 0.376 e. The van der Waals surface area contributed by atoms with Crippen LogP contribution in [0.2, 0.25) is 0 Å². The Kier molecular flexibility index (Phi) is 8.73. The monoisotopic (exact) mass is 573 g/mol. The molecule has 2 aliphatic rings. The second-order valence-corrected chi connectivity index (χ2v) is 10.3. The second kappa shape index (κ2) is 13.1. The Morgan fingerprint density at radius 1 is 1.05 bits per heavy atom. The van der Waals surface area contributed by atoms with Crippen molar-refractivity contribution >= 4 is 11.9 Å². The number of nitrogens with zero attached hydrogens (tertiary/aromatic N) is 4. The van der Waals surface area contributed by atoms with E-state index in [-0.39, 0.29) is 37.0 Å². The van der Waals surface area contributed by atoms with Crippen molar-refractivity contribution in [3.63, 3.8) is 0 Å². The summed E-state index contributed by atoms with van der Waals surface area (Å²) in [6.07, 6.45) is 6.99. The zero-order chi connectivity index (χ0) is 28.7. The molecule has 6 rings (SSSR count). The lowest BCUT2D eigenvalue weighted by Gasteiger charge is -2.28. The van der Waals surface area contributed by atoms with Crippen LogP contribution in [-0.2, 0) is 32.0 Å². The smallest absolute Gasteiger partial charge is 0.227 e. The first-order chi connectivity index (χ1) is 20.6. The van der Waals surface area contributed by atoms with Crippen molar-refractivity contribution in [2.45, 2.75) is 38.2 Å². The van der Waals surface area contributed by atoms with Gasteiger partial charge in [0.05, 0.1) is 48.7 Å². The van der Waals surface area contributed by atoms with Crippen molar-refractivity contribution in [2.24, 2.45) is 5.92 Å². The number of H-pyrrole nitrogens is 1. The number of amides is 1. The van der Waals surface area contributed by atoms with Crippen LogP contribution in [0, 0.1) is 11.7 Å². The molecule has 0 radical (unpaired) electrons. The van der Waals surface area contributed by atoms with Crippen LogP contribution in [0.15, 0.2) is 61.1 Å². The van der Waals surface area contributed by atoms with E-state index in [4.69, 9.17) is 24.2 Å². The zero-order valence-corrected chi connectivity index (χ0v) is 23.0. The molecule has 218 valence electrons. The fourth-order valence-corrected chi connectivity index (χ4v) is 4.92. The Morgan fingerprint density at radius 2 is 1.90 bits per heavy atom. The van der Waals surface area contributed by atoms with Gasteiger partial charge in [-0.15, -0.1) is 0 Å². The summed E-state index contributed by atoms with van der Waals surface area (Å²) in [4.78, 5) is 33.9. The molecule has 2 fully saturated rings. The second-order valence-electron chi connectivity index (χ2n) is 10.3. The summed E-state index contributed by atoms with van der Waals surface area (Å²) in [6.45, 7) is 2.26. The molecule has 1 amide bonds. The zero-order valence-electron chi connectivity index (χ0n) is 23.0. The minimum atomic E-state index is -0.575. The van der Waals surface area contributed by atoms with Crippen molar-refractivity contribution in [3.8, 4) is 22.6 Å². The van der Waals surface area contributed by atoms with E-state index in [0.717, 1.165) is 30.6 Å². The molecular formula is C30H32FN7O4. The van der Waals surface area contributed by atoms with Crippen molar-refractivity contribution in [3.05, 3.63) is 78.3 Å². The molecule has 42 heavy (non-hydrogen) atoms. The standard InChI is InChI=1S/C30H32FN7O4/c31-22-7-5-20(6-8-22)27-28(24-9-11-33-30(36-24)35-15-19-3-1-10-32-14-19)38-25(37-27)13-26-41-17-21(18-42-26)29(39)34-16-23-4-2-12-40-23/h1,3,5-11,14,21,23,26H,2,4,12-13,15-18H2,(H,34,39)(H,37,38)(H,33,35,36). The maximum Gasteiger partial charge on any atom is 0.227 e. The molecule has 4 aromatic rings. The lowest BCUT2D eigenvalue weighted by Crippen LogP contribution is -2.44. The topological polar surface area (TPSA) is 136 Å². The summed E-state index contributed by atoms with van der Waals surface area (Å²) in [6, 6.07) is 11.8. The lowest BCUT2D eigenvalue weighted by atomic mass is 10.1. The Bertz CT molecular complexity index is 1470. The van der Waals surface area contributed by atoms with E-state index in [0.29, 0.717) is 48.4 Å². The summed E-state index contributed by atoms with van der Waals surface area (Å²) >= 11 is 0. The molecule has 0 saturated carbocycles. The number of hydrogen-bond acceptors (Lipinski definition) is 9. The average molecular weight is 574 g/mol.